The Balaban J connectivity index is 2.24. The smallest absolute Gasteiger partial charge is 0.306 e. The van der Waals surface area contributed by atoms with Gasteiger partial charge in [-0.15, -0.1) is 0 Å². The Morgan fingerprint density at radius 1 is 0.516 bits per heavy atom. The zero-order chi connectivity index (χ0) is 46.4. The molecule has 9 nitrogen and oxygen atoms in total. The van der Waals surface area contributed by atoms with Gasteiger partial charge >= 0.3 is 5.97 Å². The Bertz CT molecular complexity index is 1250. The molecule has 6 unspecified atom stereocenters. The third-order valence-electron chi connectivity index (χ3n) is 11.3. The van der Waals surface area contributed by atoms with Crippen molar-refractivity contribution in [3.63, 3.8) is 0 Å². The summed E-state index contributed by atoms with van der Waals surface area (Å²) >= 11 is 0. The fourth-order valence-corrected chi connectivity index (χ4v) is 7.31. The summed E-state index contributed by atoms with van der Waals surface area (Å²) in [5, 5.41) is 40.3. The second-order valence-corrected chi connectivity index (χ2v) is 17.2. The summed E-state index contributed by atoms with van der Waals surface area (Å²) in [6.07, 6.45) is 54.6. The van der Waals surface area contributed by atoms with E-state index in [1.807, 2.05) is 0 Å². The van der Waals surface area contributed by atoms with Crippen molar-refractivity contribution < 1.29 is 44.2 Å². The maximum atomic E-state index is 12.8. The third-order valence-corrected chi connectivity index (χ3v) is 11.3. The highest BCUT2D eigenvalue weighted by Gasteiger charge is 2.44. The molecular formula is C55H94O9. The van der Waals surface area contributed by atoms with Crippen molar-refractivity contribution in [2.75, 3.05) is 26.4 Å². The van der Waals surface area contributed by atoms with Crippen molar-refractivity contribution >= 4 is 5.97 Å². The molecule has 0 saturated carbocycles. The van der Waals surface area contributed by atoms with Crippen LogP contribution in [0.5, 0.6) is 0 Å². The van der Waals surface area contributed by atoms with Crippen molar-refractivity contribution in [1.29, 1.82) is 0 Å². The second kappa shape index (κ2) is 45.5. The number of rotatable bonds is 43. The van der Waals surface area contributed by atoms with Gasteiger partial charge in [-0.05, 0) is 89.9 Å². The fraction of sp³-hybridized carbons (Fsp3) is 0.727. The van der Waals surface area contributed by atoms with Gasteiger partial charge in [0, 0.05) is 13.0 Å². The highest BCUT2D eigenvalue weighted by molar-refractivity contribution is 5.69. The zero-order valence-electron chi connectivity index (χ0n) is 40.5. The first-order valence-electron chi connectivity index (χ1n) is 25.7. The summed E-state index contributed by atoms with van der Waals surface area (Å²) in [5.74, 6) is -0.332. The molecule has 4 N–H and O–H groups in total. The van der Waals surface area contributed by atoms with Crippen LogP contribution in [0.1, 0.15) is 194 Å². The number of aliphatic hydroxyl groups is 4. The van der Waals surface area contributed by atoms with E-state index in [0.29, 0.717) is 13.0 Å². The number of unbranched alkanes of at least 4 members (excludes halogenated alkanes) is 18. The van der Waals surface area contributed by atoms with E-state index in [2.05, 4.69) is 98.9 Å². The number of hydrogen-bond acceptors (Lipinski definition) is 9. The van der Waals surface area contributed by atoms with Gasteiger partial charge in [-0.25, -0.2) is 0 Å². The summed E-state index contributed by atoms with van der Waals surface area (Å²) < 4.78 is 22.9. The van der Waals surface area contributed by atoms with Crippen molar-refractivity contribution in [1.82, 2.24) is 0 Å². The van der Waals surface area contributed by atoms with E-state index in [-0.39, 0.29) is 19.2 Å². The first kappa shape index (κ1) is 59.4. The molecule has 0 aromatic heterocycles. The van der Waals surface area contributed by atoms with Gasteiger partial charge in [-0.2, -0.15) is 0 Å². The maximum Gasteiger partial charge on any atom is 0.306 e. The molecule has 1 saturated heterocycles. The van der Waals surface area contributed by atoms with E-state index >= 15 is 0 Å². The van der Waals surface area contributed by atoms with Crippen LogP contribution in [0.25, 0.3) is 0 Å². The van der Waals surface area contributed by atoms with E-state index < -0.39 is 43.4 Å². The standard InChI is InChI=1S/C55H94O9/c1-3-5-7-9-11-13-15-17-19-21-23-25-26-28-30-32-34-36-38-40-42-44-51(57)63-49(48-62-55-54(60)53(59)52(58)50(46-56)64-55)47-61-45-43-41-39-37-35-33-31-29-27-24-22-20-18-16-14-12-10-8-6-4-2/h6,8,12,14-15,17-18,20-21,23-24,26-28,49-50,52-56,58-60H,3-5,7,9-11,13,16,19,22,25,29-48H2,1-2H3/b8-6-,14-12-,17-15-,20-18-,23-21-,27-24-,28-26-. The van der Waals surface area contributed by atoms with Crippen LogP contribution in [-0.2, 0) is 23.7 Å². The SMILES string of the molecule is CC/C=C\C/C=C\C/C=C\C/C=C\CCCCCCCCCOCC(COC1OC(CO)C(O)C(O)C1O)OC(=O)CCCCCCCC/C=C\C/C=C\C/C=C\CCCCCCC. The number of esters is 1. The number of allylic oxidation sites excluding steroid dienone is 14. The van der Waals surface area contributed by atoms with Crippen molar-refractivity contribution in [2.45, 2.75) is 230 Å². The van der Waals surface area contributed by atoms with Crippen LogP contribution in [-0.4, -0.2) is 89.6 Å². The lowest BCUT2D eigenvalue weighted by Crippen LogP contribution is -2.59. The highest BCUT2D eigenvalue weighted by Crippen LogP contribution is 2.22. The van der Waals surface area contributed by atoms with Crippen LogP contribution >= 0.6 is 0 Å². The zero-order valence-corrected chi connectivity index (χ0v) is 40.5. The molecule has 1 aliphatic rings. The van der Waals surface area contributed by atoms with Gasteiger partial charge in [0.25, 0.3) is 0 Å². The summed E-state index contributed by atoms with van der Waals surface area (Å²) in [6, 6.07) is 0. The van der Waals surface area contributed by atoms with Crippen LogP contribution in [0.15, 0.2) is 85.1 Å². The minimum absolute atomic E-state index is 0.127. The van der Waals surface area contributed by atoms with E-state index in [4.69, 9.17) is 18.9 Å². The third kappa shape index (κ3) is 35.6. The fourth-order valence-electron chi connectivity index (χ4n) is 7.31. The summed E-state index contributed by atoms with van der Waals surface area (Å²) in [7, 11) is 0. The van der Waals surface area contributed by atoms with Crippen molar-refractivity contribution in [3.8, 4) is 0 Å². The molecule has 0 spiro atoms. The minimum atomic E-state index is -1.55. The largest absolute Gasteiger partial charge is 0.457 e. The number of hydrogen-bond donors (Lipinski definition) is 4. The molecule has 1 fully saturated rings. The Morgan fingerprint density at radius 3 is 1.44 bits per heavy atom. The molecule has 0 aromatic rings. The number of carbonyl (C=O) groups is 1. The molecule has 0 amide bonds. The molecule has 0 aromatic carbocycles. The monoisotopic (exact) mass is 899 g/mol. The highest BCUT2D eigenvalue weighted by atomic mass is 16.7. The molecule has 0 radical (unpaired) electrons. The predicted octanol–water partition coefficient (Wildman–Crippen LogP) is 12.6. The van der Waals surface area contributed by atoms with Crippen LogP contribution in [0.2, 0.25) is 0 Å². The van der Waals surface area contributed by atoms with E-state index in [1.165, 1.54) is 77.0 Å². The Kier molecular flexibility index (Phi) is 42.2. The summed E-state index contributed by atoms with van der Waals surface area (Å²) in [6.45, 7) is 4.39. The normalized spacial score (nSPS) is 20.2. The van der Waals surface area contributed by atoms with Gasteiger partial charge in [0.2, 0.25) is 0 Å². The predicted molar refractivity (Wildman–Crippen MR) is 265 cm³/mol. The average molecular weight is 899 g/mol. The molecule has 6 atom stereocenters. The second-order valence-electron chi connectivity index (χ2n) is 17.2. The molecule has 1 aliphatic heterocycles. The Labute approximate surface area is 390 Å². The summed E-state index contributed by atoms with van der Waals surface area (Å²) in [5.41, 5.74) is 0. The molecule has 0 aliphatic carbocycles. The Hall–Kier alpha value is -2.63. The number of ether oxygens (including phenoxy) is 4. The quantitative estimate of drug-likeness (QED) is 0.0268. The topological polar surface area (TPSA) is 135 Å². The first-order valence-corrected chi connectivity index (χ1v) is 25.7. The lowest BCUT2D eigenvalue weighted by atomic mass is 9.99. The van der Waals surface area contributed by atoms with Gasteiger partial charge in [-0.1, -0.05) is 182 Å². The van der Waals surface area contributed by atoms with Gasteiger partial charge in [0.1, 0.15) is 30.5 Å². The van der Waals surface area contributed by atoms with E-state index in [1.54, 1.807) is 0 Å². The first-order chi connectivity index (χ1) is 31.4. The van der Waals surface area contributed by atoms with E-state index in [9.17, 15) is 25.2 Å². The van der Waals surface area contributed by atoms with Gasteiger partial charge < -0.3 is 39.4 Å². The molecule has 9 heteroatoms. The van der Waals surface area contributed by atoms with Crippen LogP contribution in [0, 0.1) is 0 Å². The lowest BCUT2D eigenvalue weighted by molar-refractivity contribution is -0.305. The molecule has 1 rings (SSSR count). The van der Waals surface area contributed by atoms with Gasteiger partial charge in [-0.3, -0.25) is 4.79 Å². The van der Waals surface area contributed by atoms with Gasteiger partial charge in [0.05, 0.1) is 19.8 Å². The molecular weight excluding hydrogens is 805 g/mol. The van der Waals surface area contributed by atoms with E-state index in [0.717, 1.165) is 96.3 Å². The summed E-state index contributed by atoms with van der Waals surface area (Å²) in [4.78, 5) is 12.8. The van der Waals surface area contributed by atoms with Crippen LogP contribution in [0.3, 0.4) is 0 Å². The van der Waals surface area contributed by atoms with Gasteiger partial charge in [0.15, 0.2) is 6.29 Å². The molecule has 368 valence electrons. The average Bonchev–Trinajstić information content (AvgIpc) is 3.30. The van der Waals surface area contributed by atoms with Crippen LogP contribution in [0.4, 0.5) is 0 Å². The minimum Gasteiger partial charge on any atom is -0.457 e. The maximum absolute atomic E-state index is 12.8. The Morgan fingerprint density at radius 2 is 0.953 bits per heavy atom. The number of carbonyl (C=O) groups excluding carboxylic acids is 1. The van der Waals surface area contributed by atoms with Crippen LogP contribution < -0.4 is 0 Å². The van der Waals surface area contributed by atoms with Crippen molar-refractivity contribution in [2.24, 2.45) is 0 Å². The lowest BCUT2D eigenvalue weighted by Gasteiger charge is -2.39. The molecule has 0 bridgehead atoms. The molecule has 1 heterocycles. The number of aliphatic hydroxyl groups excluding tert-OH is 4. The van der Waals surface area contributed by atoms with Crippen molar-refractivity contribution in [3.05, 3.63) is 85.1 Å². The molecule has 64 heavy (non-hydrogen) atoms.